The second-order valence-corrected chi connectivity index (χ2v) is 10.1. The normalized spacial score (nSPS) is 13.7. The van der Waals surface area contributed by atoms with Crippen molar-refractivity contribution in [3.8, 4) is 11.1 Å². The minimum atomic E-state index is -3.76. The first-order chi connectivity index (χ1) is 14.5. The second-order valence-electron chi connectivity index (χ2n) is 7.67. The predicted molar refractivity (Wildman–Crippen MR) is 116 cm³/mol. The molecule has 0 unspecified atom stereocenters. The fourth-order valence-corrected chi connectivity index (χ4v) is 4.20. The van der Waals surface area contributed by atoms with Crippen LogP contribution in [0.2, 0.25) is 0 Å². The molecule has 3 rings (SSSR count). The highest BCUT2D eigenvalue weighted by atomic mass is 32.2. The molecule has 3 aromatic rings. The molecule has 1 N–H and O–H groups in total. The van der Waals surface area contributed by atoms with Gasteiger partial charge in [-0.3, -0.25) is 9.59 Å². The number of carbonyl (C=O) groups excluding carboxylic acids is 1. The first kappa shape index (κ1) is 22.5. The van der Waals surface area contributed by atoms with Crippen LogP contribution in [0.25, 0.3) is 22.0 Å². The molecule has 8 nitrogen and oxygen atoms in total. The van der Waals surface area contributed by atoms with Gasteiger partial charge in [0.05, 0.1) is 5.39 Å². The van der Waals surface area contributed by atoms with Crippen LogP contribution >= 0.6 is 0 Å². The Kier molecular flexibility index (Phi) is 5.95. The van der Waals surface area contributed by atoms with E-state index in [2.05, 4.69) is 15.6 Å². The number of nitrogens with one attached hydrogen (secondary N) is 1. The first-order valence-corrected chi connectivity index (χ1v) is 11.4. The Hall–Kier alpha value is -3.14. The standard InChI is InChI=1S/C21H23FN4O4S/c1-13-5-7-15(17(22)11-13)14-6-8-16-18(12-14)24-25-26(19(16)27)10-9-21(2,20(28)23-3)31(4,29)30/h5-8,11-12H,9-10H2,1-4H3,(H,23,28)/t21-/m1/s1. The molecule has 31 heavy (non-hydrogen) atoms. The van der Waals surface area contributed by atoms with E-state index in [4.69, 9.17) is 0 Å². The molecule has 0 saturated heterocycles. The summed E-state index contributed by atoms with van der Waals surface area (Å²) < 4.78 is 38.0. The largest absolute Gasteiger partial charge is 0.358 e. The Labute approximate surface area is 179 Å². The predicted octanol–water partition coefficient (Wildman–Crippen LogP) is 1.85. The lowest BCUT2D eigenvalue weighted by Gasteiger charge is -2.25. The van der Waals surface area contributed by atoms with Crippen LogP contribution in [0.15, 0.2) is 41.2 Å². The van der Waals surface area contributed by atoms with Crippen LogP contribution in [-0.4, -0.2) is 47.4 Å². The summed E-state index contributed by atoms with van der Waals surface area (Å²) in [6.45, 7) is 2.98. The molecule has 164 valence electrons. The second kappa shape index (κ2) is 8.18. The van der Waals surface area contributed by atoms with Crippen molar-refractivity contribution in [1.29, 1.82) is 0 Å². The number of nitrogens with zero attached hydrogens (tertiary/aromatic N) is 3. The minimum Gasteiger partial charge on any atom is -0.358 e. The number of rotatable bonds is 6. The molecule has 0 spiro atoms. The molecule has 0 aliphatic heterocycles. The van der Waals surface area contributed by atoms with E-state index in [1.165, 1.54) is 26.1 Å². The minimum absolute atomic E-state index is 0.118. The molecule has 1 aromatic heterocycles. The third-order valence-corrected chi connectivity index (χ3v) is 7.51. The van der Waals surface area contributed by atoms with Gasteiger partial charge in [0.1, 0.15) is 16.1 Å². The molecule has 0 aliphatic rings. The number of aromatic nitrogens is 3. The Bertz CT molecular complexity index is 1340. The number of aryl methyl sites for hydroxylation is 2. The summed E-state index contributed by atoms with van der Waals surface area (Å²) in [6.07, 6.45) is 0.821. The zero-order chi connectivity index (χ0) is 23.0. The summed E-state index contributed by atoms with van der Waals surface area (Å²) in [6, 6.07) is 9.60. The van der Waals surface area contributed by atoms with Crippen molar-refractivity contribution in [1.82, 2.24) is 20.3 Å². The summed E-state index contributed by atoms with van der Waals surface area (Å²) >= 11 is 0. The number of benzene rings is 2. The molecule has 0 aliphatic carbocycles. The molecular weight excluding hydrogens is 423 g/mol. The maximum atomic E-state index is 14.3. The van der Waals surface area contributed by atoms with Crippen molar-refractivity contribution in [3.63, 3.8) is 0 Å². The molecular formula is C21H23FN4O4S. The molecule has 1 atom stereocenters. The number of hydrogen-bond donors (Lipinski definition) is 1. The number of amides is 1. The Morgan fingerprint density at radius 3 is 2.55 bits per heavy atom. The summed E-state index contributed by atoms with van der Waals surface area (Å²) in [7, 11) is -2.41. The van der Waals surface area contributed by atoms with Crippen molar-refractivity contribution in [3.05, 3.63) is 58.1 Å². The highest BCUT2D eigenvalue weighted by molar-refractivity contribution is 7.92. The zero-order valence-corrected chi connectivity index (χ0v) is 18.5. The molecule has 1 amide bonds. The highest BCUT2D eigenvalue weighted by Crippen LogP contribution is 2.26. The van der Waals surface area contributed by atoms with E-state index < -0.39 is 26.1 Å². The summed E-state index contributed by atoms with van der Waals surface area (Å²) in [5.41, 5.74) is 1.54. The molecule has 1 heterocycles. The van der Waals surface area contributed by atoms with Crippen LogP contribution in [0.4, 0.5) is 4.39 Å². The van der Waals surface area contributed by atoms with E-state index in [-0.39, 0.29) is 29.7 Å². The summed E-state index contributed by atoms with van der Waals surface area (Å²) in [4.78, 5) is 25.0. The van der Waals surface area contributed by atoms with Crippen molar-refractivity contribution in [2.45, 2.75) is 31.6 Å². The number of hydrogen-bond acceptors (Lipinski definition) is 6. The van der Waals surface area contributed by atoms with Crippen LogP contribution < -0.4 is 10.9 Å². The Morgan fingerprint density at radius 1 is 1.23 bits per heavy atom. The van der Waals surface area contributed by atoms with Gasteiger partial charge in [0.25, 0.3) is 5.56 Å². The summed E-state index contributed by atoms with van der Waals surface area (Å²) in [5.74, 6) is -1.04. The van der Waals surface area contributed by atoms with E-state index in [0.29, 0.717) is 11.1 Å². The quantitative estimate of drug-likeness (QED) is 0.619. The van der Waals surface area contributed by atoms with Crippen LogP contribution in [-0.2, 0) is 21.2 Å². The van der Waals surface area contributed by atoms with Gasteiger partial charge >= 0.3 is 0 Å². The van der Waals surface area contributed by atoms with Crippen LogP contribution in [0.5, 0.6) is 0 Å². The van der Waals surface area contributed by atoms with E-state index in [9.17, 15) is 22.4 Å². The van der Waals surface area contributed by atoms with E-state index in [1.54, 1.807) is 31.2 Å². The lowest BCUT2D eigenvalue weighted by Crippen LogP contribution is -2.49. The van der Waals surface area contributed by atoms with Crippen LogP contribution in [0.1, 0.15) is 18.9 Å². The smallest absolute Gasteiger partial charge is 0.277 e. The fraction of sp³-hybridized carbons (Fsp3) is 0.333. The van der Waals surface area contributed by atoms with E-state index in [1.807, 2.05) is 0 Å². The first-order valence-electron chi connectivity index (χ1n) is 9.54. The number of carbonyl (C=O) groups is 1. The Morgan fingerprint density at radius 2 is 1.94 bits per heavy atom. The van der Waals surface area contributed by atoms with Gasteiger partial charge in [-0.2, -0.15) is 0 Å². The lowest BCUT2D eigenvalue weighted by molar-refractivity contribution is -0.123. The number of halogens is 1. The SMILES string of the molecule is CNC(=O)[C@@](C)(CCn1nnc2cc(-c3ccc(C)cc3F)ccc2c1=O)S(C)(=O)=O. The Balaban J connectivity index is 1.96. The third-order valence-electron chi connectivity index (χ3n) is 5.49. The molecule has 0 bridgehead atoms. The number of fused-ring (bicyclic) bond motifs is 1. The van der Waals surface area contributed by atoms with Gasteiger partial charge in [0.2, 0.25) is 5.91 Å². The van der Waals surface area contributed by atoms with Crippen LogP contribution in [0, 0.1) is 12.7 Å². The molecule has 0 fully saturated rings. The maximum absolute atomic E-state index is 14.3. The van der Waals surface area contributed by atoms with Crippen molar-refractivity contribution in [2.75, 3.05) is 13.3 Å². The van der Waals surface area contributed by atoms with Gasteiger partial charge in [-0.05, 0) is 49.6 Å². The zero-order valence-electron chi connectivity index (χ0n) is 17.6. The topological polar surface area (TPSA) is 111 Å². The molecule has 2 aromatic carbocycles. The monoisotopic (exact) mass is 446 g/mol. The van der Waals surface area contributed by atoms with E-state index in [0.717, 1.165) is 16.5 Å². The van der Waals surface area contributed by atoms with E-state index >= 15 is 0 Å². The maximum Gasteiger partial charge on any atom is 0.277 e. The molecule has 10 heteroatoms. The van der Waals surface area contributed by atoms with Crippen molar-refractivity contribution < 1.29 is 17.6 Å². The van der Waals surface area contributed by atoms with Crippen molar-refractivity contribution >= 4 is 26.6 Å². The average molecular weight is 447 g/mol. The third kappa shape index (κ3) is 4.20. The average Bonchev–Trinajstić information content (AvgIpc) is 2.71. The molecule has 0 saturated carbocycles. The molecule has 0 radical (unpaired) electrons. The van der Waals surface area contributed by atoms with Gasteiger partial charge in [0.15, 0.2) is 9.84 Å². The van der Waals surface area contributed by atoms with Crippen molar-refractivity contribution in [2.24, 2.45) is 0 Å². The summed E-state index contributed by atoms with van der Waals surface area (Å²) in [5, 5.41) is 10.5. The van der Waals surface area contributed by atoms with Gasteiger partial charge in [0, 0.05) is 25.4 Å². The lowest BCUT2D eigenvalue weighted by atomic mass is 10.0. The van der Waals surface area contributed by atoms with Gasteiger partial charge in [-0.1, -0.05) is 23.4 Å². The van der Waals surface area contributed by atoms with Gasteiger partial charge < -0.3 is 5.32 Å². The number of sulfone groups is 1. The van der Waals surface area contributed by atoms with Gasteiger partial charge in [-0.25, -0.2) is 17.5 Å². The fourth-order valence-electron chi connectivity index (χ4n) is 3.30. The van der Waals surface area contributed by atoms with Crippen LogP contribution in [0.3, 0.4) is 0 Å². The van der Waals surface area contributed by atoms with Gasteiger partial charge in [-0.15, -0.1) is 5.10 Å². The highest BCUT2D eigenvalue weighted by Gasteiger charge is 2.42.